The molecule has 0 unspecified atom stereocenters. The second-order valence-corrected chi connectivity index (χ2v) is 7.46. The monoisotopic (exact) mass is 330 g/mol. The summed E-state index contributed by atoms with van der Waals surface area (Å²) in [6.07, 6.45) is 0. The minimum absolute atomic E-state index is 0. The molecule has 0 saturated carbocycles. The molecule has 2 fully saturated rings. The van der Waals surface area contributed by atoms with Crippen molar-refractivity contribution in [3.63, 3.8) is 0 Å². The van der Waals surface area contributed by atoms with E-state index in [4.69, 9.17) is 0 Å². The van der Waals surface area contributed by atoms with Gasteiger partial charge >= 0.3 is 0 Å². The number of hydrogen-bond acceptors (Lipinski definition) is 4. The molecular weight excluding hydrogens is 312 g/mol. The third-order valence-corrected chi connectivity index (χ3v) is 6.56. The van der Waals surface area contributed by atoms with E-state index < -0.39 is 0 Å². The van der Waals surface area contributed by atoms with Crippen LogP contribution in [0.25, 0.3) is 0 Å². The Kier molecular flexibility index (Phi) is 6.08. The van der Waals surface area contributed by atoms with Crippen molar-refractivity contribution >= 4 is 41.8 Å². The average molecular weight is 331 g/mol. The zero-order valence-corrected chi connectivity index (χ0v) is 13.7. The van der Waals surface area contributed by atoms with Crippen LogP contribution in [0.15, 0.2) is 24.3 Å². The number of halogens is 1. The Morgan fingerprint density at radius 3 is 2.30 bits per heavy atom. The Bertz CT molecular complexity index is 443. The van der Waals surface area contributed by atoms with Crippen LogP contribution in [0.2, 0.25) is 0 Å². The van der Waals surface area contributed by atoms with Crippen molar-refractivity contribution in [2.24, 2.45) is 0 Å². The lowest BCUT2D eigenvalue weighted by atomic mass is 10.1. The topological polar surface area (TPSA) is 32.3 Å². The second kappa shape index (κ2) is 7.59. The van der Waals surface area contributed by atoms with Crippen molar-refractivity contribution in [1.29, 1.82) is 0 Å². The highest BCUT2D eigenvalue weighted by Gasteiger charge is 2.20. The molecule has 20 heavy (non-hydrogen) atoms. The van der Waals surface area contributed by atoms with Crippen molar-refractivity contribution in [3.8, 4) is 0 Å². The van der Waals surface area contributed by atoms with Crippen molar-refractivity contribution in [3.05, 3.63) is 35.4 Å². The van der Waals surface area contributed by atoms with Crippen LogP contribution in [0.1, 0.15) is 20.5 Å². The van der Waals surface area contributed by atoms with Crippen LogP contribution in [0.4, 0.5) is 0 Å². The molecule has 6 heteroatoms. The minimum Gasteiger partial charge on any atom is -0.336 e. The van der Waals surface area contributed by atoms with Gasteiger partial charge in [0.25, 0.3) is 5.91 Å². The molecule has 0 bridgehead atoms. The summed E-state index contributed by atoms with van der Waals surface area (Å²) in [5, 5.41) is 3.27. The molecule has 0 aromatic heterocycles. The maximum Gasteiger partial charge on any atom is 0.253 e. The van der Waals surface area contributed by atoms with Gasteiger partial charge in [-0.1, -0.05) is 12.1 Å². The van der Waals surface area contributed by atoms with Gasteiger partial charge in [0.1, 0.15) is 0 Å². The fourth-order valence-electron chi connectivity index (χ4n) is 2.38. The van der Waals surface area contributed by atoms with E-state index in [9.17, 15) is 4.79 Å². The van der Waals surface area contributed by atoms with E-state index in [-0.39, 0.29) is 18.3 Å². The fraction of sp³-hybridized carbons (Fsp3) is 0.500. The number of piperazine rings is 1. The number of rotatable bonds is 2. The summed E-state index contributed by atoms with van der Waals surface area (Å²) >= 11 is 3.99. The number of nitrogens with one attached hydrogen (secondary N) is 1. The average Bonchev–Trinajstić information content (AvgIpc) is 3.02. The van der Waals surface area contributed by atoms with E-state index in [1.165, 1.54) is 17.1 Å². The van der Waals surface area contributed by atoms with Gasteiger partial charge in [0.15, 0.2) is 0 Å². The third-order valence-electron chi connectivity index (χ3n) is 3.46. The highest BCUT2D eigenvalue weighted by molar-refractivity contribution is 8.19. The van der Waals surface area contributed by atoms with Gasteiger partial charge in [-0.25, -0.2) is 0 Å². The molecule has 0 spiro atoms. The van der Waals surface area contributed by atoms with E-state index in [1.807, 2.05) is 40.6 Å². The van der Waals surface area contributed by atoms with Gasteiger partial charge in [-0.2, -0.15) is 0 Å². The highest BCUT2D eigenvalue weighted by atomic mass is 35.5. The number of carbonyl (C=O) groups is 1. The molecule has 1 aromatic rings. The van der Waals surface area contributed by atoms with Crippen molar-refractivity contribution in [2.45, 2.75) is 4.58 Å². The van der Waals surface area contributed by atoms with Gasteiger partial charge < -0.3 is 10.2 Å². The van der Waals surface area contributed by atoms with Gasteiger partial charge in [-0.15, -0.1) is 35.9 Å². The molecule has 1 N–H and O–H groups in total. The molecule has 3 rings (SSSR count). The first-order chi connectivity index (χ1) is 9.34. The Balaban J connectivity index is 0.00000147. The highest BCUT2D eigenvalue weighted by Crippen LogP contribution is 2.45. The standard InChI is InChI=1S/C14H18N2OS2.ClH/c17-13(16-7-5-15-6-8-16)11-1-3-12(4-2-11)14-18-9-10-19-14;/h1-4,14-15H,5-10H2;1H. The summed E-state index contributed by atoms with van der Waals surface area (Å²) in [7, 11) is 0. The summed E-state index contributed by atoms with van der Waals surface area (Å²) in [6.45, 7) is 3.43. The quantitative estimate of drug-likeness (QED) is 0.903. The van der Waals surface area contributed by atoms with Crippen LogP contribution in [-0.4, -0.2) is 48.5 Å². The Morgan fingerprint density at radius 1 is 1.10 bits per heavy atom. The van der Waals surface area contributed by atoms with E-state index in [2.05, 4.69) is 17.4 Å². The molecule has 2 heterocycles. The van der Waals surface area contributed by atoms with E-state index in [0.29, 0.717) is 4.58 Å². The maximum atomic E-state index is 12.3. The minimum atomic E-state index is 0. The molecule has 0 radical (unpaired) electrons. The lowest BCUT2D eigenvalue weighted by molar-refractivity contribution is 0.0736. The van der Waals surface area contributed by atoms with Crippen LogP contribution in [0, 0.1) is 0 Å². The number of amides is 1. The Morgan fingerprint density at radius 2 is 1.70 bits per heavy atom. The van der Waals surface area contributed by atoms with E-state index >= 15 is 0 Å². The molecule has 2 aliphatic rings. The fourth-order valence-corrected chi connectivity index (χ4v) is 5.24. The zero-order valence-electron chi connectivity index (χ0n) is 11.2. The van der Waals surface area contributed by atoms with Crippen molar-refractivity contribution < 1.29 is 4.79 Å². The number of nitrogens with zero attached hydrogens (tertiary/aromatic N) is 1. The summed E-state index contributed by atoms with van der Waals surface area (Å²) < 4.78 is 0.559. The number of hydrogen-bond donors (Lipinski definition) is 1. The van der Waals surface area contributed by atoms with Gasteiger partial charge in [-0.3, -0.25) is 4.79 Å². The van der Waals surface area contributed by atoms with Crippen molar-refractivity contribution in [2.75, 3.05) is 37.7 Å². The molecule has 1 aromatic carbocycles. The second-order valence-electron chi connectivity index (χ2n) is 4.74. The number of carbonyl (C=O) groups excluding carboxylic acids is 1. The predicted molar refractivity (Wildman–Crippen MR) is 90.1 cm³/mol. The third kappa shape index (κ3) is 3.64. The summed E-state index contributed by atoms with van der Waals surface area (Å²) in [5.74, 6) is 2.63. The molecule has 1 amide bonds. The summed E-state index contributed by atoms with van der Waals surface area (Å²) in [4.78, 5) is 14.3. The maximum absolute atomic E-state index is 12.3. The molecule has 0 atom stereocenters. The number of benzene rings is 1. The molecule has 3 nitrogen and oxygen atoms in total. The largest absolute Gasteiger partial charge is 0.336 e. The van der Waals surface area contributed by atoms with Gasteiger partial charge in [0, 0.05) is 43.2 Å². The van der Waals surface area contributed by atoms with E-state index in [1.54, 1.807) is 0 Å². The first-order valence-electron chi connectivity index (χ1n) is 6.68. The molecule has 2 aliphatic heterocycles. The van der Waals surface area contributed by atoms with Crippen LogP contribution < -0.4 is 5.32 Å². The molecular formula is C14H19ClN2OS2. The van der Waals surface area contributed by atoms with Gasteiger partial charge in [0.2, 0.25) is 0 Å². The van der Waals surface area contributed by atoms with Crippen LogP contribution in [0.3, 0.4) is 0 Å². The smallest absolute Gasteiger partial charge is 0.253 e. The SMILES string of the molecule is Cl.O=C(c1ccc(C2SCCS2)cc1)N1CCNCC1. The van der Waals surface area contributed by atoms with Crippen LogP contribution in [0.5, 0.6) is 0 Å². The zero-order chi connectivity index (χ0) is 13.1. The molecule has 0 aliphatic carbocycles. The van der Waals surface area contributed by atoms with Crippen LogP contribution in [-0.2, 0) is 0 Å². The Hall–Kier alpha value is -0.360. The van der Waals surface area contributed by atoms with Gasteiger partial charge in [-0.05, 0) is 17.7 Å². The molecule has 2 saturated heterocycles. The first-order valence-corrected chi connectivity index (χ1v) is 8.77. The Labute approximate surface area is 134 Å². The van der Waals surface area contributed by atoms with Gasteiger partial charge in [0.05, 0.1) is 4.58 Å². The van der Waals surface area contributed by atoms with Crippen LogP contribution >= 0.6 is 35.9 Å². The first kappa shape index (κ1) is 16.0. The lowest BCUT2D eigenvalue weighted by Crippen LogP contribution is -2.46. The lowest BCUT2D eigenvalue weighted by Gasteiger charge is -2.27. The number of thioether (sulfide) groups is 2. The summed E-state index contributed by atoms with van der Waals surface area (Å²) in [6, 6.07) is 8.20. The summed E-state index contributed by atoms with van der Waals surface area (Å²) in [5.41, 5.74) is 2.16. The van der Waals surface area contributed by atoms with E-state index in [0.717, 1.165) is 31.7 Å². The normalized spacial score (nSPS) is 19.7. The predicted octanol–water partition coefficient (Wildman–Crippen LogP) is 2.63. The van der Waals surface area contributed by atoms with Crippen molar-refractivity contribution in [1.82, 2.24) is 10.2 Å². The molecule has 110 valence electrons.